The number of H-pyrrole nitrogens is 1. The van der Waals surface area contributed by atoms with Gasteiger partial charge in [-0.2, -0.15) is 0 Å². The van der Waals surface area contributed by atoms with Crippen LogP contribution in [0.4, 0.5) is 8.78 Å². The van der Waals surface area contributed by atoms with E-state index in [1.807, 2.05) is 6.92 Å². The van der Waals surface area contributed by atoms with Gasteiger partial charge in [-0.1, -0.05) is 11.6 Å². The van der Waals surface area contributed by atoms with Crippen molar-refractivity contribution in [2.45, 2.75) is 6.92 Å². The Morgan fingerprint density at radius 1 is 1.16 bits per heavy atom. The molecule has 0 aliphatic carbocycles. The second-order valence-electron chi connectivity index (χ2n) is 4.30. The standard InChI is InChI=1S/C14H9ClF2N2/c1-7-6-8(15)2-3-9(7)14-18-11-5-4-10(16)12(17)13(11)19-14/h2-6H,1H3,(H,18,19). The molecule has 2 aromatic carbocycles. The van der Waals surface area contributed by atoms with Crippen LogP contribution in [0.25, 0.3) is 22.4 Å². The molecule has 0 aliphatic heterocycles. The minimum absolute atomic E-state index is 0.00403. The van der Waals surface area contributed by atoms with Gasteiger partial charge in [0.1, 0.15) is 11.3 Å². The van der Waals surface area contributed by atoms with Gasteiger partial charge in [0.25, 0.3) is 0 Å². The molecule has 0 bridgehead atoms. The number of rotatable bonds is 1. The van der Waals surface area contributed by atoms with E-state index < -0.39 is 11.6 Å². The molecule has 96 valence electrons. The van der Waals surface area contributed by atoms with Crippen molar-refractivity contribution in [3.63, 3.8) is 0 Å². The van der Waals surface area contributed by atoms with E-state index in [1.165, 1.54) is 6.07 Å². The molecule has 0 saturated carbocycles. The fraction of sp³-hybridized carbons (Fsp3) is 0.0714. The van der Waals surface area contributed by atoms with Gasteiger partial charge < -0.3 is 4.98 Å². The van der Waals surface area contributed by atoms with Gasteiger partial charge in [0, 0.05) is 10.6 Å². The van der Waals surface area contributed by atoms with E-state index in [0.29, 0.717) is 16.4 Å². The highest BCUT2D eigenvalue weighted by molar-refractivity contribution is 6.30. The second kappa shape index (κ2) is 4.31. The summed E-state index contributed by atoms with van der Waals surface area (Å²) in [5.74, 6) is -1.35. The van der Waals surface area contributed by atoms with Gasteiger partial charge in [-0.05, 0) is 42.8 Å². The Hall–Kier alpha value is -1.94. The minimum Gasteiger partial charge on any atom is -0.338 e. The summed E-state index contributed by atoms with van der Waals surface area (Å²) >= 11 is 5.89. The van der Waals surface area contributed by atoms with E-state index in [-0.39, 0.29) is 5.52 Å². The summed E-state index contributed by atoms with van der Waals surface area (Å²) in [6, 6.07) is 7.86. The molecule has 0 spiro atoms. The van der Waals surface area contributed by atoms with Crippen LogP contribution in [0.5, 0.6) is 0 Å². The number of hydrogen-bond donors (Lipinski definition) is 1. The molecule has 1 N–H and O–H groups in total. The minimum atomic E-state index is -0.938. The molecule has 0 atom stereocenters. The summed E-state index contributed by atoms with van der Waals surface area (Å²) in [5, 5.41) is 0.620. The first-order valence-corrected chi connectivity index (χ1v) is 6.04. The zero-order valence-electron chi connectivity index (χ0n) is 9.97. The fourth-order valence-corrected chi connectivity index (χ4v) is 2.26. The third-order valence-corrected chi connectivity index (χ3v) is 3.22. The van der Waals surface area contributed by atoms with Crippen LogP contribution in [0.1, 0.15) is 5.56 Å². The summed E-state index contributed by atoms with van der Waals surface area (Å²) in [6.07, 6.45) is 0. The van der Waals surface area contributed by atoms with Gasteiger partial charge in [-0.15, -0.1) is 0 Å². The Morgan fingerprint density at radius 3 is 2.68 bits per heavy atom. The first-order valence-electron chi connectivity index (χ1n) is 5.66. The van der Waals surface area contributed by atoms with E-state index in [9.17, 15) is 8.78 Å². The molecule has 0 saturated heterocycles. The molecule has 3 aromatic rings. The van der Waals surface area contributed by atoms with Gasteiger partial charge >= 0.3 is 0 Å². The van der Waals surface area contributed by atoms with E-state index in [4.69, 9.17) is 11.6 Å². The molecule has 2 nitrogen and oxygen atoms in total. The van der Waals surface area contributed by atoms with Gasteiger partial charge in [0.05, 0.1) is 5.52 Å². The summed E-state index contributed by atoms with van der Waals surface area (Å²) in [6.45, 7) is 1.88. The number of halogens is 3. The topological polar surface area (TPSA) is 28.7 Å². The molecule has 1 heterocycles. The highest BCUT2D eigenvalue weighted by Crippen LogP contribution is 2.27. The third kappa shape index (κ3) is 1.98. The largest absolute Gasteiger partial charge is 0.338 e. The van der Waals surface area contributed by atoms with Crippen LogP contribution < -0.4 is 0 Å². The summed E-state index contributed by atoms with van der Waals surface area (Å²) < 4.78 is 26.8. The molecule has 19 heavy (non-hydrogen) atoms. The molecule has 0 fully saturated rings. The lowest BCUT2D eigenvalue weighted by Crippen LogP contribution is -1.86. The van der Waals surface area contributed by atoms with Crippen molar-refractivity contribution in [2.24, 2.45) is 0 Å². The molecule has 3 rings (SSSR count). The van der Waals surface area contributed by atoms with E-state index in [1.54, 1.807) is 18.2 Å². The molecule has 0 amide bonds. The van der Waals surface area contributed by atoms with Crippen molar-refractivity contribution in [3.8, 4) is 11.4 Å². The average Bonchev–Trinajstić information content (AvgIpc) is 2.78. The van der Waals surface area contributed by atoms with Crippen LogP contribution in [0.15, 0.2) is 30.3 Å². The number of aromatic amines is 1. The highest BCUT2D eigenvalue weighted by Gasteiger charge is 2.13. The maximum absolute atomic E-state index is 13.6. The van der Waals surface area contributed by atoms with Gasteiger partial charge in [-0.25, -0.2) is 13.8 Å². The molecular formula is C14H9ClF2N2. The van der Waals surface area contributed by atoms with Crippen LogP contribution in [-0.4, -0.2) is 9.97 Å². The predicted octanol–water partition coefficient (Wildman–Crippen LogP) is 4.47. The van der Waals surface area contributed by atoms with Gasteiger partial charge in [0.2, 0.25) is 0 Å². The number of nitrogens with one attached hydrogen (secondary N) is 1. The Morgan fingerprint density at radius 2 is 1.95 bits per heavy atom. The smallest absolute Gasteiger partial charge is 0.186 e. The quantitative estimate of drug-likeness (QED) is 0.699. The van der Waals surface area contributed by atoms with Crippen molar-refractivity contribution < 1.29 is 8.78 Å². The van der Waals surface area contributed by atoms with Gasteiger partial charge in [-0.3, -0.25) is 0 Å². The first-order chi connectivity index (χ1) is 9.06. The monoisotopic (exact) mass is 278 g/mol. The van der Waals surface area contributed by atoms with Crippen molar-refractivity contribution in [1.82, 2.24) is 9.97 Å². The third-order valence-electron chi connectivity index (χ3n) is 2.99. The lowest BCUT2D eigenvalue weighted by atomic mass is 10.1. The Labute approximate surface area is 113 Å². The number of nitrogens with zero attached hydrogens (tertiary/aromatic N) is 1. The van der Waals surface area contributed by atoms with Crippen LogP contribution in [0.2, 0.25) is 5.02 Å². The Balaban J connectivity index is 2.23. The molecular weight excluding hydrogens is 270 g/mol. The maximum Gasteiger partial charge on any atom is 0.186 e. The molecule has 0 unspecified atom stereocenters. The number of imidazole rings is 1. The van der Waals surface area contributed by atoms with E-state index >= 15 is 0 Å². The van der Waals surface area contributed by atoms with Crippen LogP contribution in [-0.2, 0) is 0 Å². The molecule has 0 aliphatic rings. The van der Waals surface area contributed by atoms with Crippen LogP contribution >= 0.6 is 11.6 Å². The van der Waals surface area contributed by atoms with Crippen LogP contribution in [0, 0.1) is 18.6 Å². The highest BCUT2D eigenvalue weighted by atomic mass is 35.5. The lowest BCUT2D eigenvalue weighted by Gasteiger charge is -2.02. The summed E-state index contributed by atoms with van der Waals surface area (Å²) in [5.41, 5.74) is 2.18. The van der Waals surface area contributed by atoms with E-state index in [2.05, 4.69) is 9.97 Å². The summed E-state index contributed by atoms with van der Waals surface area (Å²) in [7, 11) is 0. The SMILES string of the molecule is Cc1cc(Cl)ccc1-c1nc2c(F)c(F)ccc2[nH]1. The molecule has 0 radical (unpaired) electrons. The predicted molar refractivity (Wildman–Crippen MR) is 71.2 cm³/mol. The Kier molecular flexibility index (Phi) is 2.75. The number of hydrogen-bond acceptors (Lipinski definition) is 1. The molecule has 1 aromatic heterocycles. The van der Waals surface area contributed by atoms with Crippen molar-refractivity contribution in [2.75, 3.05) is 0 Å². The lowest BCUT2D eigenvalue weighted by molar-refractivity contribution is 0.515. The van der Waals surface area contributed by atoms with Gasteiger partial charge in [0.15, 0.2) is 11.6 Å². The van der Waals surface area contributed by atoms with E-state index in [0.717, 1.165) is 17.2 Å². The van der Waals surface area contributed by atoms with Crippen molar-refractivity contribution in [1.29, 1.82) is 0 Å². The van der Waals surface area contributed by atoms with Crippen LogP contribution in [0.3, 0.4) is 0 Å². The van der Waals surface area contributed by atoms with Crippen molar-refractivity contribution >= 4 is 22.6 Å². The number of aryl methyl sites for hydroxylation is 1. The van der Waals surface area contributed by atoms with Crippen molar-refractivity contribution in [3.05, 3.63) is 52.6 Å². The second-order valence-corrected chi connectivity index (χ2v) is 4.74. The zero-order valence-corrected chi connectivity index (χ0v) is 10.7. The molecule has 5 heteroatoms. The normalized spacial score (nSPS) is 11.2. The fourth-order valence-electron chi connectivity index (χ4n) is 2.04. The first kappa shape index (κ1) is 12.1. The number of aromatic nitrogens is 2. The maximum atomic E-state index is 13.6. The summed E-state index contributed by atoms with van der Waals surface area (Å²) in [4.78, 5) is 7.10. The average molecular weight is 279 g/mol. The number of fused-ring (bicyclic) bond motifs is 1. The number of benzene rings is 2. The zero-order chi connectivity index (χ0) is 13.6. The Bertz CT molecular complexity index is 780.